The summed E-state index contributed by atoms with van der Waals surface area (Å²) in [6.45, 7) is 2.70. The standard InChI is InChI=1S/C26H31F2N3O2S/c1-33-19-5-6-23-20(16-19)25(22(28)17-30-23)21(27)7-8-26(18-32)9-12-31(13-10-26)14-15-34-24-4-2-3-11-29-24/h2-6,11,16-17,21,32H,7-10,12-15,18H2,1H3. The molecule has 3 aromatic rings. The van der Waals surface area contributed by atoms with E-state index in [1.165, 1.54) is 7.11 Å². The van der Waals surface area contributed by atoms with Crippen LogP contribution in [0.25, 0.3) is 10.9 Å². The molecule has 0 radical (unpaired) electrons. The SMILES string of the molecule is COc1ccc2ncc(F)c(C(F)CCC3(CO)CCN(CCSc4ccccn4)CC3)c2c1. The Labute approximate surface area is 203 Å². The van der Waals surface area contributed by atoms with Gasteiger partial charge in [-0.3, -0.25) is 4.98 Å². The second-order valence-corrected chi connectivity index (χ2v) is 10.0. The molecule has 8 heteroatoms. The number of aliphatic hydroxyl groups excluding tert-OH is 1. The zero-order valence-electron chi connectivity index (χ0n) is 19.4. The van der Waals surface area contributed by atoms with Crippen LogP contribution < -0.4 is 4.74 Å². The minimum absolute atomic E-state index is 0.0175. The fourth-order valence-electron chi connectivity index (χ4n) is 4.64. The van der Waals surface area contributed by atoms with Crippen molar-refractivity contribution in [2.75, 3.05) is 39.1 Å². The van der Waals surface area contributed by atoms with Crippen molar-refractivity contribution in [3.05, 3.63) is 60.2 Å². The monoisotopic (exact) mass is 487 g/mol. The third-order valence-electron chi connectivity index (χ3n) is 6.86. The third-order valence-corrected chi connectivity index (χ3v) is 7.78. The molecule has 1 aliphatic rings. The summed E-state index contributed by atoms with van der Waals surface area (Å²) in [5.74, 6) is 0.841. The van der Waals surface area contributed by atoms with Gasteiger partial charge in [-0.1, -0.05) is 6.07 Å². The number of hydrogen-bond donors (Lipinski definition) is 1. The number of pyridine rings is 2. The van der Waals surface area contributed by atoms with Gasteiger partial charge in [-0.25, -0.2) is 13.8 Å². The lowest BCUT2D eigenvalue weighted by molar-refractivity contribution is 0.0321. The molecule has 34 heavy (non-hydrogen) atoms. The van der Waals surface area contributed by atoms with Crippen LogP contribution >= 0.6 is 11.8 Å². The first-order chi connectivity index (χ1) is 16.5. The third kappa shape index (κ3) is 5.85. The fourth-order valence-corrected chi connectivity index (χ4v) is 5.51. The van der Waals surface area contributed by atoms with Crippen molar-refractivity contribution < 1.29 is 18.6 Å². The molecular formula is C26H31F2N3O2S. The Bertz CT molecular complexity index is 1080. The Morgan fingerprint density at radius 1 is 1.21 bits per heavy atom. The largest absolute Gasteiger partial charge is 0.497 e. The maximum atomic E-state index is 15.4. The molecule has 5 nitrogen and oxygen atoms in total. The van der Waals surface area contributed by atoms with Gasteiger partial charge in [-0.2, -0.15) is 0 Å². The van der Waals surface area contributed by atoms with Gasteiger partial charge >= 0.3 is 0 Å². The average molecular weight is 488 g/mol. The zero-order valence-corrected chi connectivity index (χ0v) is 20.2. The first-order valence-corrected chi connectivity index (χ1v) is 12.7. The van der Waals surface area contributed by atoms with Gasteiger partial charge < -0.3 is 14.7 Å². The van der Waals surface area contributed by atoms with Crippen molar-refractivity contribution in [2.45, 2.75) is 36.9 Å². The Morgan fingerprint density at radius 2 is 2.03 bits per heavy atom. The number of hydrogen-bond acceptors (Lipinski definition) is 6. The second kappa shape index (κ2) is 11.4. The van der Waals surface area contributed by atoms with Crippen LogP contribution in [0.2, 0.25) is 0 Å². The number of aliphatic hydroxyl groups is 1. The van der Waals surface area contributed by atoms with Crippen molar-refractivity contribution in [3.8, 4) is 5.75 Å². The van der Waals surface area contributed by atoms with Crippen LogP contribution in [0, 0.1) is 11.2 Å². The number of nitrogens with zero attached hydrogens (tertiary/aromatic N) is 3. The normalized spacial score (nSPS) is 17.1. The predicted octanol–water partition coefficient (Wildman–Crippen LogP) is 5.44. The van der Waals surface area contributed by atoms with E-state index in [-0.39, 0.29) is 24.0 Å². The number of ether oxygens (including phenoxy) is 1. The Kier molecular flexibility index (Phi) is 8.34. The summed E-state index contributed by atoms with van der Waals surface area (Å²) in [5, 5.41) is 11.6. The van der Waals surface area contributed by atoms with Crippen molar-refractivity contribution in [3.63, 3.8) is 0 Å². The molecule has 1 aromatic carbocycles. The molecule has 0 aliphatic carbocycles. The van der Waals surface area contributed by atoms with Crippen LogP contribution in [-0.2, 0) is 0 Å². The molecule has 1 aliphatic heterocycles. The highest BCUT2D eigenvalue weighted by molar-refractivity contribution is 7.99. The van der Waals surface area contributed by atoms with E-state index in [0.717, 1.165) is 49.5 Å². The predicted molar refractivity (Wildman–Crippen MR) is 131 cm³/mol. The molecule has 3 heterocycles. The number of alkyl halides is 1. The van der Waals surface area contributed by atoms with Crippen molar-refractivity contribution >= 4 is 22.7 Å². The molecule has 182 valence electrons. The van der Waals surface area contributed by atoms with Crippen LogP contribution in [0.15, 0.2) is 53.8 Å². The summed E-state index contributed by atoms with van der Waals surface area (Å²) in [6.07, 6.45) is 3.68. The van der Waals surface area contributed by atoms with E-state index in [1.807, 2.05) is 18.2 Å². The van der Waals surface area contributed by atoms with Gasteiger partial charge in [0.15, 0.2) is 0 Å². The van der Waals surface area contributed by atoms with Crippen LogP contribution in [0.4, 0.5) is 8.78 Å². The number of fused-ring (bicyclic) bond motifs is 1. The van der Waals surface area contributed by atoms with E-state index < -0.39 is 12.0 Å². The maximum absolute atomic E-state index is 15.4. The molecule has 0 amide bonds. The van der Waals surface area contributed by atoms with E-state index in [9.17, 15) is 9.50 Å². The number of aromatic nitrogens is 2. The molecule has 1 fully saturated rings. The van der Waals surface area contributed by atoms with Crippen molar-refractivity contribution in [1.29, 1.82) is 0 Å². The summed E-state index contributed by atoms with van der Waals surface area (Å²) in [6, 6.07) is 11.0. The van der Waals surface area contributed by atoms with E-state index in [4.69, 9.17) is 4.74 Å². The summed E-state index contributed by atoms with van der Waals surface area (Å²) >= 11 is 1.73. The topological polar surface area (TPSA) is 58.5 Å². The lowest BCUT2D eigenvalue weighted by atomic mass is 9.74. The quantitative estimate of drug-likeness (QED) is 0.385. The van der Waals surface area contributed by atoms with Gasteiger partial charge in [0.2, 0.25) is 0 Å². The Balaban J connectivity index is 1.34. The van der Waals surface area contributed by atoms with Gasteiger partial charge in [-0.05, 0) is 74.5 Å². The minimum Gasteiger partial charge on any atom is -0.497 e. The van der Waals surface area contributed by atoms with Gasteiger partial charge in [-0.15, -0.1) is 11.8 Å². The van der Waals surface area contributed by atoms with Gasteiger partial charge in [0.1, 0.15) is 17.7 Å². The Morgan fingerprint density at radius 3 is 2.74 bits per heavy atom. The summed E-state index contributed by atoms with van der Waals surface area (Å²) in [5.41, 5.74) is 0.237. The summed E-state index contributed by atoms with van der Waals surface area (Å²) in [7, 11) is 1.52. The summed E-state index contributed by atoms with van der Waals surface area (Å²) < 4.78 is 35.3. The first-order valence-electron chi connectivity index (χ1n) is 11.7. The highest BCUT2D eigenvalue weighted by atomic mass is 32.2. The molecule has 4 rings (SSSR count). The number of piperidine rings is 1. The molecule has 0 spiro atoms. The number of methoxy groups -OCH3 is 1. The molecule has 0 saturated carbocycles. The molecular weight excluding hydrogens is 456 g/mol. The van der Waals surface area contributed by atoms with Crippen LogP contribution in [-0.4, -0.2) is 59.1 Å². The number of rotatable bonds is 10. The van der Waals surface area contributed by atoms with Crippen molar-refractivity contribution in [2.24, 2.45) is 5.41 Å². The highest BCUT2D eigenvalue weighted by Crippen LogP contribution is 2.40. The fraction of sp³-hybridized carbons (Fsp3) is 0.462. The number of benzene rings is 1. The number of halogens is 2. The van der Waals surface area contributed by atoms with Gasteiger partial charge in [0.05, 0.1) is 23.8 Å². The molecule has 1 saturated heterocycles. The number of likely N-dealkylation sites (tertiary alicyclic amines) is 1. The van der Waals surface area contributed by atoms with E-state index in [0.29, 0.717) is 23.1 Å². The van der Waals surface area contributed by atoms with E-state index >= 15 is 4.39 Å². The van der Waals surface area contributed by atoms with Gasteiger partial charge in [0.25, 0.3) is 0 Å². The number of thioether (sulfide) groups is 1. The zero-order chi connectivity index (χ0) is 24.0. The minimum atomic E-state index is -1.48. The lowest BCUT2D eigenvalue weighted by Gasteiger charge is -2.41. The Hall–Kier alpha value is -2.29. The molecule has 1 atom stereocenters. The van der Waals surface area contributed by atoms with Crippen molar-refractivity contribution in [1.82, 2.24) is 14.9 Å². The maximum Gasteiger partial charge on any atom is 0.148 e. The first kappa shape index (κ1) is 24.8. The van der Waals surface area contributed by atoms with Crippen LogP contribution in [0.5, 0.6) is 5.75 Å². The summed E-state index contributed by atoms with van der Waals surface area (Å²) in [4.78, 5) is 10.8. The molecule has 0 bridgehead atoms. The van der Waals surface area contributed by atoms with E-state index in [1.54, 1.807) is 36.2 Å². The van der Waals surface area contributed by atoms with Crippen LogP contribution in [0.3, 0.4) is 0 Å². The molecule has 2 aromatic heterocycles. The molecule has 1 unspecified atom stereocenters. The average Bonchev–Trinajstić information content (AvgIpc) is 2.88. The smallest absolute Gasteiger partial charge is 0.148 e. The van der Waals surface area contributed by atoms with Crippen LogP contribution in [0.1, 0.15) is 37.4 Å². The highest BCUT2D eigenvalue weighted by Gasteiger charge is 2.35. The van der Waals surface area contributed by atoms with Gasteiger partial charge in [0, 0.05) is 36.1 Å². The second-order valence-electron chi connectivity index (χ2n) is 8.93. The molecule has 1 N–H and O–H groups in total. The lowest BCUT2D eigenvalue weighted by Crippen LogP contribution is -2.42. The van der Waals surface area contributed by atoms with E-state index in [2.05, 4.69) is 14.9 Å².